The maximum Gasteiger partial charge on any atom is 0.152 e. The number of aryl methyl sites for hydroxylation is 3. The van der Waals surface area contributed by atoms with Gasteiger partial charge in [0.1, 0.15) is 11.6 Å². The summed E-state index contributed by atoms with van der Waals surface area (Å²) in [5, 5.41) is 7.32. The Morgan fingerprint density at radius 3 is 2.86 bits per heavy atom. The van der Waals surface area contributed by atoms with E-state index in [-0.39, 0.29) is 0 Å². The van der Waals surface area contributed by atoms with Crippen LogP contribution in [-0.2, 0) is 25.8 Å². The van der Waals surface area contributed by atoms with E-state index >= 15 is 0 Å². The molecule has 0 amide bonds. The Kier molecular flexibility index (Phi) is 4.09. The summed E-state index contributed by atoms with van der Waals surface area (Å²) in [5.74, 6) is 2.88. The quantitative estimate of drug-likeness (QED) is 0.754. The van der Waals surface area contributed by atoms with Crippen LogP contribution in [0.5, 0.6) is 0 Å². The van der Waals surface area contributed by atoms with Crippen LogP contribution in [0.2, 0.25) is 0 Å². The summed E-state index contributed by atoms with van der Waals surface area (Å²) < 4.78 is 2.16. The molecule has 1 aromatic carbocycles. The number of nitrogens with zero attached hydrogens (tertiary/aromatic N) is 4. The molecule has 0 aliphatic rings. The van der Waals surface area contributed by atoms with Crippen molar-refractivity contribution in [3.63, 3.8) is 0 Å². The SMILES string of the molecule is CCc1nccn1CCc1n[nH]c(Cc2ccccc2)n1. The lowest BCUT2D eigenvalue weighted by Crippen LogP contribution is -2.05. The Balaban J connectivity index is 1.60. The Morgan fingerprint density at radius 1 is 1.19 bits per heavy atom. The number of rotatable bonds is 6. The van der Waals surface area contributed by atoms with E-state index in [0.29, 0.717) is 0 Å². The highest BCUT2D eigenvalue weighted by atomic mass is 15.2. The van der Waals surface area contributed by atoms with E-state index in [1.807, 2.05) is 30.6 Å². The van der Waals surface area contributed by atoms with Crippen LogP contribution < -0.4 is 0 Å². The molecule has 3 aromatic rings. The van der Waals surface area contributed by atoms with Gasteiger partial charge in [-0.25, -0.2) is 9.97 Å². The van der Waals surface area contributed by atoms with Gasteiger partial charge in [0.05, 0.1) is 0 Å². The van der Waals surface area contributed by atoms with Gasteiger partial charge in [-0.3, -0.25) is 5.10 Å². The highest BCUT2D eigenvalue weighted by Gasteiger charge is 2.06. The zero-order valence-electron chi connectivity index (χ0n) is 12.2. The van der Waals surface area contributed by atoms with E-state index in [1.54, 1.807) is 0 Å². The topological polar surface area (TPSA) is 59.4 Å². The van der Waals surface area contributed by atoms with Gasteiger partial charge in [-0.05, 0) is 5.56 Å². The maximum atomic E-state index is 4.56. The third-order valence-electron chi connectivity index (χ3n) is 3.49. The fraction of sp³-hybridized carbons (Fsp3) is 0.312. The van der Waals surface area contributed by atoms with Crippen LogP contribution in [0.4, 0.5) is 0 Å². The average molecular weight is 281 g/mol. The number of hydrogen-bond donors (Lipinski definition) is 1. The summed E-state index contributed by atoms with van der Waals surface area (Å²) in [6, 6.07) is 10.3. The molecule has 0 atom stereocenters. The molecule has 2 heterocycles. The second-order valence-corrected chi connectivity index (χ2v) is 5.00. The van der Waals surface area contributed by atoms with Crippen molar-refractivity contribution >= 4 is 0 Å². The summed E-state index contributed by atoms with van der Waals surface area (Å²) >= 11 is 0. The predicted molar refractivity (Wildman–Crippen MR) is 80.9 cm³/mol. The van der Waals surface area contributed by atoms with Gasteiger partial charge in [-0.2, -0.15) is 5.10 Å². The second-order valence-electron chi connectivity index (χ2n) is 5.00. The van der Waals surface area contributed by atoms with Crippen molar-refractivity contribution in [3.05, 3.63) is 65.8 Å². The van der Waals surface area contributed by atoms with E-state index < -0.39 is 0 Å². The molecule has 5 nitrogen and oxygen atoms in total. The lowest BCUT2D eigenvalue weighted by Gasteiger charge is -2.03. The smallest absolute Gasteiger partial charge is 0.152 e. The van der Waals surface area contributed by atoms with Gasteiger partial charge in [-0.15, -0.1) is 0 Å². The molecule has 0 aliphatic carbocycles. The summed E-state index contributed by atoms with van der Waals surface area (Å²) in [6.07, 6.45) is 6.40. The third kappa shape index (κ3) is 3.37. The van der Waals surface area contributed by atoms with Gasteiger partial charge in [0.2, 0.25) is 0 Å². The molecule has 0 radical (unpaired) electrons. The van der Waals surface area contributed by atoms with E-state index in [1.165, 1.54) is 5.56 Å². The van der Waals surface area contributed by atoms with E-state index in [9.17, 15) is 0 Å². The van der Waals surface area contributed by atoms with Crippen molar-refractivity contribution in [2.75, 3.05) is 0 Å². The zero-order valence-corrected chi connectivity index (χ0v) is 12.2. The molecule has 2 aromatic heterocycles. The fourth-order valence-electron chi connectivity index (χ4n) is 2.39. The number of aromatic amines is 1. The minimum absolute atomic E-state index is 0.791. The van der Waals surface area contributed by atoms with Crippen LogP contribution in [0.1, 0.15) is 30.0 Å². The van der Waals surface area contributed by atoms with Crippen molar-refractivity contribution in [2.24, 2.45) is 0 Å². The largest absolute Gasteiger partial charge is 0.334 e. The number of benzene rings is 1. The molecule has 0 aliphatic heterocycles. The van der Waals surface area contributed by atoms with Crippen molar-refractivity contribution in [2.45, 2.75) is 32.7 Å². The average Bonchev–Trinajstić information content (AvgIpc) is 3.15. The summed E-state index contributed by atoms with van der Waals surface area (Å²) in [4.78, 5) is 8.88. The van der Waals surface area contributed by atoms with E-state index in [2.05, 4.69) is 43.8 Å². The molecule has 3 rings (SSSR count). The highest BCUT2D eigenvalue weighted by Crippen LogP contribution is 2.06. The van der Waals surface area contributed by atoms with Gasteiger partial charge in [-0.1, -0.05) is 37.3 Å². The van der Waals surface area contributed by atoms with Gasteiger partial charge < -0.3 is 4.57 Å². The highest BCUT2D eigenvalue weighted by molar-refractivity contribution is 5.18. The summed E-state index contributed by atoms with van der Waals surface area (Å²) in [7, 11) is 0. The number of H-pyrrole nitrogens is 1. The first-order valence-electron chi connectivity index (χ1n) is 7.29. The number of hydrogen-bond acceptors (Lipinski definition) is 3. The molecule has 0 fully saturated rings. The first-order valence-corrected chi connectivity index (χ1v) is 7.29. The summed E-state index contributed by atoms with van der Waals surface area (Å²) in [6.45, 7) is 2.98. The summed E-state index contributed by atoms with van der Waals surface area (Å²) in [5.41, 5.74) is 1.24. The molecular formula is C16H19N5. The fourth-order valence-corrected chi connectivity index (χ4v) is 2.39. The van der Waals surface area contributed by atoms with Gasteiger partial charge in [0.15, 0.2) is 5.82 Å². The van der Waals surface area contributed by atoms with Crippen LogP contribution in [0, 0.1) is 0 Å². The Labute approximate surface area is 124 Å². The molecule has 1 N–H and O–H groups in total. The van der Waals surface area contributed by atoms with E-state index in [4.69, 9.17) is 0 Å². The maximum absolute atomic E-state index is 4.56. The molecule has 0 unspecified atom stereocenters. The molecule has 0 saturated carbocycles. The Hall–Kier alpha value is -2.43. The lowest BCUT2D eigenvalue weighted by molar-refractivity contribution is 0.639. The van der Waals surface area contributed by atoms with Gasteiger partial charge in [0.25, 0.3) is 0 Å². The van der Waals surface area contributed by atoms with Crippen molar-refractivity contribution < 1.29 is 0 Å². The predicted octanol–water partition coefficient (Wildman–Crippen LogP) is 2.40. The monoisotopic (exact) mass is 281 g/mol. The van der Waals surface area contributed by atoms with Gasteiger partial charge >= 0.3 is 0 Å². The standard InChI is InChI=1S/C16H19N5/c1-2-16-17-9-11-21(16)10-8-14-18-15(20-19-14)12-13-6-4-3-5-7-13/h3-7,9,11H,2,8,10,12H2,1H3,(H,18,19,20). The van der Waals surface area contributed by atoms with Gasteiger partial charge in [0, 0.05) is 38.2 Å². The van der Waals surface area contributed by atoms with Crippen LogP contribution in [0.25, 0.3) is 0 Å². The number of imidazole rings is 1. The number of aromatic nitrogens is 5. The third-order valence-corrected chi connectivity index (χ3v) is 3.49. The molecule has 0 spiro atoms. The molecule has 0 bridgehead atoms. The van der Waals surface area contributed by atoms with E-state index in [0.717, 1.165) is 43.3 Å². The molecule has 108 valence electrons. The Morgan fingerprint density at radius 2 is 2.05 bits per heavy atom. The molecule has 21 heavy (non-hydrogen) atoms. The minimum atomic E-state index is 0.791. The zero-order chi connectivity index (χ0) is 14.5. The van der Waals surface area contributed by atoms with Crippen LogP contribution in [-0.4, -0.2) is 24.7 Å². The molecule has 5 heteroatoms. The lowest BCUT2D eigenvalue weighted by atomic mass is 10.1. The van der Waals surface area contributed by atoms with Crippen molar-refractivity contribution in [1.82, 2.24) is 24.7 Å². The van der Waals surface area contributed by atoms with Crippen molar-refractivity contribution in [1.29, 1.82) is 0 Å². The first-order chi connectivity index (χ1) is 10.3. The second kappa shape index (κ2) is 6.35. The Bertz CT molecular complexity index is 684. The minimum Gasteiger partial charge on any atom is -0.334 e. The molecular weight excluding hydrogens is 262 g/mol. The first kappa shape index (κ1) is 13.5. The number of nitrogens with one attached hydrogen (secondary N) is 1. The van der Waals surface area contributed by atoms with Crippen molar-refractivity contribution in [3.8, 4) is 0 Å². The van der Waals surface area contributed by atoms with Crippen LogP contribution >= 0.6 is 0 Å². The normalized spacial score (nSPS) is 10.9. The van der Waals surface area contributed by atoms with Crippen LogP contribution in [0.15, 0.2) is 42.7 Å². The molecule has 0 saturated heterocycles. The van der Waals surface area contributed by atoms with Crippen LogP contribution in [0.3, 0.4) is 0 Å².